The van der Waals surface area contributed by atoms with E-state index in [4.69, 9.17) is 4.74 Å². The van der Waals surface area contributed by atoms with Gasteiger partial charge in [-0.2, -0.15) is 0 Å². The van der Waals surface area contributed by atoms with Gasteiger partial charge in [0.15, 0.2) is 0 Å². The Hall–Kier alpha value is -2.80. The normalized spacial score (nSPS) is 17.7. The monoisotopic (exact) mass is 336 g/mol. The number of likely N-dealkylation sites (tertiary alicyclic amines) is 1. The molecule has 4 heterocycles. The smallest absolute Gasteiger partial charge is 0.122 e. The van der Waals surface area contributed by atoms with Crippen molar-refractivity contribution in [1.82, 2.24) is 29.9 Å². The van der Waals surface area contributed by atoms with E-state index < -0.39 is 0 Å². The molecule has 0 amide bonds. The van der Waals surface area contributed by atoms with E-state index in [0.717, 1.165) is 43.1 Å². The van der Waals surface area contributed by atoms with Crippen molar-refractivity contribution in [1.29, 1.82) is 0 Å². The Morgan fingerprint density at radius 2 is 2.00 bits per heavy atom. The van der Waals surface area contributed by atoms with E-state index >= 15 is 0 Å². The summed E-state index contributed by atoms with van der Waals surface area (Å²) in [6.07, 6.45) is 10.4. The van der Waals surface area contributed by atoms with Crippen LogP contribution in [0.5, 0.6) is 5.75 Å². The van der Waals surface area contributed by atoms with E-state index in [9.17, 15) is 0 Å². The van der Waals surface area contributed by atoms with Gasteiger partial charge in [0.05, 0.1) is 18.4 Å². The summed E-state index contributed by atoms with van der Waals surface area (Å²) in [5.74, 6) is 0.879. The van der Waals surface area contributed by atoms with Crippen LogP contribution in [0.4, 0.5) is 0 Å². The van der Waals surface area contributed by atoms with Gasteiger partial charge in [0, 0.05) is 44.4 Å². The molecule has 1 fully saturated rings. The number of aromatic nitrogens is 5. The molecule has 7 nitrogen and oxygen atoms in total. The van der Waals surface area contributed by atoms with Crippen LogP contribution in [0.2, 0.25) is 0 Å². The van der Waals surface area contributed by atoms with Crippen LogP contribution in [-0.2, 0) is 13.1 Å². The second kappa shape index (κ2) is 7.40. The highest BCUT2D eigenvalue weighted by Gasteiger charge is 2.24. The predicted octanol–water partition coefficient (Wildman–Crippen LogP) is 1.77. The fourth-order valence-corrected chi connectivity index (χ4v) is 3.04. The standard InChI is InChI=1S/C18H20N6O/c1-2-15(10-20-6-1)11-24-13-16(21-22-24)12-23-9-5-18(14-23)25-17-3-7-19-8-4-17/h1-4,6-8,10,13,18H,5,9,11-12,14H2/t18-/m1/s1. The molecule has 1 saturated heterocycles. The molecule has 7 heteroatoms. The number of rotatable bonds is 6. The lowest BCUT2D eigenvalue weighted by Gasteiger charge is -2.15. The van der Waals surface area contributed by atoms with Crippen molar-refractivity contribution in [2.24, 2.45) is 0 Å². The van der Waals surface area contributed by atoms with Gasteiger partial charge in [0.2, 0.25) is 0 Å². The summed E-state index contributed by atoms with van der Waals surface area (Å²) in [6, 6.07) is 7.76. The van der Waals surface area contributed by atoms with Crippen LogP contribution >= 0.6 is 0 Å². The van der Waals surface area contributed by atoms with E-state index in [1.807, 2.05) is 41.3 Å². The second-order valence-electron chi connectivity index (χ2n) is 6.22. The van der Waals surface area contributed by atoms with Crippen LogP contribution in [0.25, 0.3) is 0 Å². The molecular formula is C18H20N6O. The Bertz CT molecular complexity index is 792. The van der Waals surface area contributed by atoms with Crippen LogP contribution in [0, 0.1) is 0 Å². The molecule has 0 spiro atoms. The van der Waals surface area contributed by atoms with Crippen molar-refractivity contribution in [3.63, 3.8) is 0 Å². The minimum Gasteiger partial charge on any atom is -0.489 e. The third-order valence-electron chi connectivity index (χ3n) is 4.22. The maximum atomic E-state index is 6.00. The first kappa shape index (κ1) is 15.7. The first-order chi connectivity index (χ1) is 12.3. The lowest BCUT2D eigenvalue weighted by Crippen LogP contribution is -2.24. The first-order valence-electron chi connectivity index (χ1n) is 8.42. The molecule has 1 aliphatic rings. The maximum Gasteiger partial charge on any atom is 0.122 e. The molecule has 3 aromatic heterocycles. The van der Waals surface area contributed by atoms with Gasteiger partial charge in [-0.05, 0) is 30.2 Å². The van der Waals surface area contributed by atoms with Crippen molar-refractivity contribution in [2.45, 2.75) is 25.6 Å². The van der Waals surface area contributed by atoms with Crippen molar-refractivity contribution < 1.29 is 4.74 Å². The Kier molecular flexibility index (Phi) is 4.65. The van der Waals surface area contributed by atoms with Crippen LogP contribution in [0.3, 0.4) is 0 Å². The summed E-state index contributed by atoms with van der Waals surface area (Å²) < 4.78 is 7.85. The van der Waals surface area contributed by atoms with Crippen LogP contribution in [0.1, 0.15) is 17.7 Å². The maximum absolute atomic E-state index is 6.00. The lowest BCUT2D eigenvalue weighted by atomic mass is 10.3. The molecule has 0 radical (unpaired) electrons. The van der Waals surface area contributed by atoms with Gasteiger partial charge in [-0.1, -0.05) is 11.3 Å². The predicted molar refractivity (Wildman–Crippen MR) is 91.9 cm³/mol. The highest BCUT2D eigenvalue weighted by Crippen LogP contribution is 2.18. The molecule has 25 heavy (non-hydrogen) atoms. The molecule has 3 aromatic rings. The molecule has 0 bridgehead atoms. The van der Waals surface area contributed by atoms with E-state index in [-0.39, 0.29) is 6.10 Å². The Balaban J connectivity index is 1.30. The fourth-order valence-electron chi connectivity index (χ4n) is 3.04. The SMILES string of the molecule is c1cncc(Cn2cc(CN3CC[C@@H](Oc4ccncc4)C3)nn2)c1. The van der Waals surface area contributed by atoms with Gasteiger partial charge in [-0.15, -0.1) is 5.10 Å². The van der Waals surface area contributed by atoms with Gasteiger partial charge < -0.3 is 4.74 Å². The number of hydrogen-bond acceptors (Lipinski definition) is 6. The average Bonchev–Trinajstić information content (AvgIpc) is 3.27. The number of ether oxygens (including phenoxy) is 1. The molecular weight excluding hydrogens is 316 g/mol. The molecule has 128 valence electrons. The zero-order valence-electron chi connectivity index (χ0n) is 13.9. The quantitative estimate of drug-likeness (QED) is 0.683. The number of nitrogens with zero attached hydrogens (tertiary/aromatic N) is 6. The van der Waals surface area contributed by atoms with Crippen molar-refractivity contribution in [3.8, 4) is 5.75 Å². The Labute approximate surface area is 146 Å². The number of pyridine rings is 2. The van der Waals surface area contributed by atoms with Gasteiger partial charge in [0.1, 0.15) is 11.9 Å². The van der Waals surface area contributed by atoms with Crippen molar-refractivity contribution >= 4 is 0 Å². The number of hydrogen-bond donors (Lipinski definition) is 0. The van der Waals surface area contributed by atoms with Crippen LogP contribution in [-0.4, -0.2) is 49.1 Å². The molecule has 0 aromatic carbocycles. The van der Waals surface area contributed by atoms with E-state index in [1.165, 1.54) is 0 Å². The minimum absolute atomic E-state index is 0.216. The summed E-state index contributed by atoms with van der Waals surface area (Å²) >= 11 is 0. The van der Waals surface area contributed by atoms with Crippen LogP contribution < -0.4 is 4.74 Å². The minimum atomic E-state index is 0.216. The summed E-state index contributed by atoms with van der Waals surface area (Å²) in [4.78, 5) is 10.5. The average molecular weight is 336 g/mol. The van der Waals surface area contributed by atoms with Gasteiger partial charge in [0.25, 0.3) is 0 Å². The first-order valence-corrected chi connectivity index (χ1v) is 8.42. The highest BCUT2D eigenvalue weighted by atomic mass is 16.5. The Morgan fingerprint density at radius 1 is 1.08 bits per heavy atom. The van der Waals surface area contributed by atoms with Gasteiger partial charge >= 0.3 is 0 Å². The van der Waals surface area contributed by atoms with Crippen LogP contribution in [0.15, 0.2) is 55.2 Å². The summed E-state index contributed by atoms with van der Waals surface area (Å²) in [5.41, 5.74) is 2.10. The highest BCUT2D eigenvalue weighted by molar-refractivity contribution is 5.17. The zero-order chi connectivity index (χ0) is 16.9. The third-order valence-corrected chi connectivity index (χ3v) is 4.22. The van der Waals surface area contributed by atoms with Crippen molar-refractivity contribution in [2.75, 3.05) is 13.1 Å². The molecule has 0 aliphatic carbocycles. The lowest BCUT2D eigenvalue weighted by molar-refractivity contribution is 0.197. The fraction of sp³-hybridized carbons (Fsp3) is 0.333. The molecule has 1 aliphatic heterocycles. The summed E-state index contributed by atoms with van der Waals surface area (Å²) in [6.45, 7) is 3.39. The summed E-state index contributed by atoms with van der Waals surface area (Å²) in [5, 5.41) is 8.50. The molecule has 0 unspecified atom stereocenters. The molecule has 4 rings (SSSR count). The Morgan fingerprint density at radius 3 is 2.84 bits per heavy atom. The van der Waals surface area contributed by atoms with E-state index in [0.29, 0.717) is 6.54 Å². The van der Waals surface area contributed by atoms with E-state index in [1.54, 1.807) is 18.6 Å². The van der Waals surface area contributed by atoms with Gasteiger partial charge in [-0.25, -0.2) is 4.68 Å². The van der Waals surface area contributed by atoms with Crippen molar-refractivity contribution in [3.05, 3.63) is 66.5 Å². The second-order valence-corrected chi connectivity index (χ2v) is 6.22. The molecule has 0 saturated carbocycles. The zero-order valence-corrected chi connectivity index (χ0v) is 13.9. The van der Waals surface area contributed by atoms with E-state index in [2.05, 4.69) is 25.2 Å². The largest absolute Gasteiger partial charge is 0.489 e. The van der Waals surface area contributed by atoms with Gasteiger partial charge in [-0.3, -0.25) is 14.9 Å². The summed E-state index contributed by atoms with van der Waals surface area (Å²) in [7, 11) is 0. The topological polar surface area (TPSA) is 69.0 Å². The molecule has 0 N–H and O–H groups in total. The molecule has 1 atom stereocenters. The third kappa shape index (κ3) is 4.19.